The van der Waals surface area contributed by atoms with Crippen LogP contribution in [0, 0.1) is 0 Å². The monoisotopic (exact) mass is 386 g/mol. The van der Waals surface area contributed by atoms with Gasteiger partial charge in [0.15, 0.2) is 22.6 Å². The van der Waals surface area contributed by atoms with Crippen molar-refractivity contribution in [1.82, 2.24) is 39.0 Å². The van der Waals surface area contributed by atoms with Crippen LogP contribution in [0.15, 0.2) is 23.8 Å². The molecule has 0 aliphatic carbocycles. The third kappa shape index (κ3) is 3.77. The first-order chi connectivity index (χ1) is 12.8. The van der Waals surface area contributed by atoms with Crippen molar-refractivity contribution < 1.29 is 0 Å². The van der Waals surface area contributed by atoms with Gasteiger partial charge in [-0.2, -0.15) is 4.98 Å². The summed E-state index contributed by atoms with van der Waals surface area (Å²) in [6, 6.07) is 0.535. The minimum atomic E-state index is -0.299. The maximum absolute atomic E-state index is 11.4. The van der Waals surface area contributed by atoms with E-state index in [1.54, 1.807) is 17.2 Å². The normalized spacial score (nSPS) is 10.9. The number of nitrogens with one attached hydrogen (secondary N) is 1. The van der Waals surface area contributed by atoms with E-state index in [0.717, 1.165) is 5.65 Å². The summed E-state index contributed by atoms with van der Waals surface area (Å²) in [5.41, 5.74) is 13.1. The summed E-state index contributed by atoms with van der Waals surface area (Å²) in [6.45, 7) is 8.11. The van der Waals surface area contributed by atoms with Crippen LogP contribution < -0.4 is 17.0 Å². The number of imidazole rings is 2. The number of hydrogen-bond donors (Lipinski definition) is 3. The molecule has 0 unspecified atom stereocenters. The number of fused-ring (bicyclic) bond motifs is 2. The topological polar surface area (TPSA) is 159 Å². The molecule has 4 aromatic heterocycles. The van der Waals surface area contributed by atoms with E-state index in [1.165, 1.54) is 6.33 Å². The second-order valence-electron chi connectivity index (χ2n) is 6.55. The Balaban J connectivity index is 0.000000194. The average molecular weight is 386 g/mol. The molecule has 4 rings (SSSR count). The Labute approximate surface area is 161 Å². The maximum atomic E-state index is 11.4. The van der Waals surface area contributed by atoms with Crippen molar-refractivity contribution in [1.29, 1.82) is 0 Å². The smallest absolute Gasteiger partial charge is 0.280 e. The summed E-state index contributed by atoms with van der Waals surface area (Å²) in [4.78, 5) is 34.0. The third-order valence-electron chi connectivity index (χ3n) is 3.95. The van der Waals surface area contributed by atoms with Gasteiger partial charge in [0.1, 0.15) is 11.8 Å². The van der Waals surface area contributed by atoms with Crippen molar-refractivity contribution in [3.05, 3.63) is 29.3 Å². The predicted octanol–water partition coefficient (Wildman–Crippen LogP) is 1.91. The molecule has 0 spiro atoms. The minimum absolute atomic E-state index is 0. The summed E-state index contributed by atoms with van der Waals surface area (Å²) >= 11 is 0. The zero-order valence-electron chi connectivity index (χ0n) is 15.6. The fourth-order valence-electron chi connectivity index (χ4n) is 2.57. The highest BCUT2D eigenvalue weighted by Crippen LogP contribution is 2.17. The van der Waals surface area contributed by atoms with E-state index in [1.807, 2.05) is 18.4 Å². The third-order valence-corrected chi connectivity index (χ3v) is 3.95. The molecule has 0 aliphatic heterocycles. The Morgan fingerprint density at radius 2 is 1.46 bits per heavy atom. The fraction of sp³-hybridized carbons (Fsp3) is 0.412. The number of rotatable bonds is 2. The lowest BCUT2D eigenvalue weighted by Gasteiger charge is -2.06. The molecule has 0 bridgehead atoms. The first-order valence-electron chi connectivity index (χ1n) is 8.45. The highest BCUT2D eigenvalue weighted by atomic mass is 16.1. The number of nitrogens with two attached hydrogens (primary N) is 2. The first kappa shape index (κ1) is 20.8. The molecule has 150 valence electrons. The van der Waals surface area contributed by atoms with Crippen LogP contribution in [0.1, 0.15) is 47.2 Å². The Kier molecular flexibility index (Phi) is 5.96. The zero-order valence-corrected chi connectivity index (χ0v) is 15.6. The molecule has 0 saturated carbocycles. The van der Waals surface area contributed by atoms with Crippen molar-refractivity contribution in [2.24, 2.45) is 0 Å². The van der Waals surface area contributed by atoms with Gasteiger partial charge in [0, 0.05) is 12.1 Å². The van der Waals surface area contributed by atoms with Gasteiger partial charge in [-0.1, -0.05) is 7.43 Å². The van der Waals surface area contributed by atoms with E-state index in [4.69, 9.17) is 11.5 Å². The van der Waals surface area contributed by atoms with Crippen LogP contribution in [-0.2, 0) is 0 Å². The highest BCUT2D eigenvalue weighted by molar-refractivity contribution is 5.81. The van der Waals surface area contributed by atoms with Crippen molar-refractivity contribution in [3.8, 4) is 0 Å². The summed E-state index contributed by atoms with van der Waals surface area (Å²) < 4.78 is 3.77. The lowest BCUT2D eigenvalue weighted by atomic mass is 10.4. The van der Waals surface area contributed by atoms with Gasteiger partial charge < -0.3 is 20.6 Å². The van der Waals surface area contributed by atoms with Crippen molar-refractivity contribution in [2.45, 2.75) is 47.2 Å². The molecular formula is C17H26N10O. The number of H-pyrrole nitrogens is 1. The van der Waals surface area contributed by atoms with E-state index in [2.05, 4.69) is 43.8 Å². The van der Waals surface area contributed by atoms with E-state index in [0.29, 0.717) is 28.5 Å². The Bertz CT molecular complexity index is 1140. The summed E-state index contributed by atoms with van der Waals surface area (Å²) in [5.74, 6) is 0.550. The van der Waals surface area contributed by atoms with Crippen molar-refractivity contribution in [3.63, 3.8) is 0 Å². The summed E-state index contributed by atoms with van der Waals surface area (Å²) in [5, 5.41) is 0. The molecule has 11 nitrogen and oxygen atoms in total. The quantitative estimate of drug-likeness (QED) is 0.471. The molecule has 0 radical (unpaired) electrons. The average Bonchev–Trinajstić information content (AvgIpc) is 3.20. The molecular weight excluding hydrogens is 360 g/mol. The largest absolute Gasteiger partial charge is 0.382 e. The SMILES string of the molecule is C.CC(C)n1cnc2c(=O)[nH]c(N)nc21.CC(C)n1cnc2c(N)ncnc21. The molecule has 0 aliphatic rings. The first-order valence-corrected chi connectivity index (χ1v) is 8.45. The Hall–Kier alpha value is -3.50. The van der Waals surface area contributed by atoms with Crippen LogP contribution in [0.3, 0.4) is 0 Å². The van der Waals surface area contributed by atoms with Crippen LogP contribution in [0.4, 0.5) is 11.8 Å². The van der Waals surface area contributed by atoms with Crippen LogP contribution in [-0.4, -0.2) is 39.0 Å². The molecule has 11 heteroatoms. The van der Waals surface area contributed by atoms with Gasteiger partial charge in [0.2, 0.25) is 5.95 Å². The van der Waals surface area contributed by atoms with Crippen LogP contribution in [0.2, 0.25) is 0 Å². The number of aromatic amines is 1. The zero-order chi connectivity index (χ0) is 19.7. The lowest BCUT2D eigenvalue weighted by Crippen LogP contribution is -2.12. The fourth-order valence-corrected chi connectivity index (χ4v) is 2.57. The molecule has 0 saturated heterocycles. The van der Waals surface area contributed by atoms with Gasteiger partial charge in [0.25, 0.3) is 5.56 Å². The number of hydrogen-bond acceptors (Lipinski definition) is 8. The predicted molar refractivity (Wildman–Crippen MR) is 110 cm³/mol. The number of anilines is 2. The van der Waals surface area contributed by atoms with Crippen LogP contribution in [0.5, 0.6) is 0 Å². The summed E-state index contributed by atoms with van der Waals surface area (Å²) in [7, 11) is 0. The van der Waals surface area contributed by atoms with Crippen molar-refractivity contribution >= 4 is 34.1 Å². The van der Waals surface area contributed by atoms with E-state index in [9.17, 15) is 4.79 Å². The van der Waals surface area contributed by atoms with E-state index < -0.39 is 0 Å². The van der Waals surface area contributed by atoms with E-state index >= 15 is 0 Å². The second-order valence-corrected chi connectivity index (χ2v) is 6.55. The molecule has 5 N–H and O–H groups in total. The second kappa shape index (κ2) is 8.03. The van der Waals surface area contributed by atoms with Gasteiger partial charge in [0.05, 0.1) is 12.7 Å². The molecule has 0 atom stereocenters. The van der Waals surface area contributed by atoms with Crippen LogP contribution >= 0.6 is 0 Å². The Morgan fingerprint density at radius 1 is 0.893 bits per heavy atom. The minimum Gasteiger partial charge on any atom is -0.382 e. The maximum Gasteiger partial charge on any atom is 0.280 e. The molecule has 0 fully saturated rings. The molecule has 4 aromatic rings. The standard InChI is InChI=1S/C8H11N5O.C8H11N5.CH4/c1-4(2)13-3-10-5-6(13)11-8(9)12-7(5)14;1-5(2)13-4-12-6-7(9)10-3-11-8(6)13;/h3-4H,1-2H3,(H3,9,11,12,14);3-5H,1-2H3,(H2,9,10,11);1H4. The van der Waals surface area contributed by atoms with Gasteiger partial charge in [-0.3, -0.25) is 9.78 Å². The van der Waals surface area contributed by atoms with Crippen molar-refractivity contribution in [2.75, 3.05) is 11.5 Å². The molecule has 28 heavy (non-hydrogen) atoms. The Morgan fingerprint density at radius 3 is 2.07 bits per heavy atom. The van der Waals surface area contributed by atoms with Gasteiger partial charge in [-0.05, 0) is 27.7 Å². The highest BCUT2D eigenvalue weighted by Gasteiger charge is 2.10. The number of nitrogens with zero attached hydrogens (tertiary/aromatic N) is 7. The van der Waals surface area contributed by atoms with Crippen LogP contribution in [0.25, 0.3) is 22.3 Å². The number of nitrogen functional groups attached to an aromatic ring is 2. The molecule has 0 amide bonds. The van der Waals surface area contributed by atoms with E-state index in [-0.39, 0.29) is 25.0 Å². The summed E-state index contributed by atoms with van der Waals surface area (Å²) in [6.07, 6.45) is 4.79. The van der Waals surface area contributed by atoms with Gasteiger partial charge >= 0.3 is 0 Å². The molecule has 4 heterocycles. The molecule has 0 aromatic carbocycles. The lowest BCUT2D eigenvalue weighted by molar-refractivity contribution is 0.612. The van der Waals surface area contributed by atoms with Gasteiger partial charge in [-0.15, -0.1) is 0 Å². The van der Waals surface area contributed by atoms with Gasteiger partial charge in [-0.25, -0.2) is 19.9 Å². The number of aromatic nitrogens is 8.